The molecule has 4 aromatic rings. The van der Waals surface area contributed by atoms with E-state index in [9.17, 15) is 9.18 Å². The van der Waals surface area contributed by atoms with Crippen molar-refractivity contribution in [1.29, 1.82) is 0 Å². The number of benzene rings is 2. The lowest BCUT2D eigenvalue weighted by molar-refractivity contribution is 0.0984. The largest absolute Gasteiger partial charge is 0.360 e. The van der Waals surface area contributed by atoms with Crippen LogP contribution in [0.4, 0.5) is 9.52 Å². The molecule has 0 saturated carbocycles. The van der Waals surface area contributed by atoms with E-state index >= 15 is 0 Å². The number of thiazole rings is 1. The van der Waals surface area contributed by atoms with E-state index in [1.807, 2.05) is 25.1 Å². The zero-order valence-corrected chi connectivity index (χ0v) is 18.8. The molecule has 0 saturated heterocycles. The van der Waals surface area contributed by atoms with Crippen LogP contribution in [0.1, 0.15) is 16.1 Å². The number of anilines is 1. The highest BCUT2D eigenvalue weighted by Crippen LogP contribution is 2.35. The Balaban J connectivity index is 1.81. The van der Waals surface area contributed by atoms with Gasteiger partial charge in [0.25, 0.3) is 5.91 Å². The van der Waals surface area contributed by atoms with Crippen molar-refractivity contribution < 1.29 is 13.7 Å². The van der Waals surface area contributed by atoms with E-state index < -0.39 is 5.82 Å². The molecule has 0 unspecified atom stereocenters. The summed E-state index contributed by atoms with van der Waals surface area (Å²) in [4.78, 5) is 21.7. The van der Waals surface area contributed by atoms with Gasteiger partial charge in [-0.2, -0.15) is 0 Å². The van der Waals surface area contributed by atoms with Crippen LogP contribution in [-0.2, 0) is 0 Å². The second-order valence-electron chi connectivity index (χ2n) is 7.29. The van der Waals surface area contributed by atoms with Gasteiger partial charge in [0, 0.05) is 18.7 Å². The highest BCUT2D eigenvalue weighted by molar-refractivity contribution is 7.22. The molecule has 0 aliphatic heterocycles. The van der Waals surface area contributed by atoms with E-state index in [1.165, 1.54) is 17.4 Å². The molecule has 2 heterocycles. The summed E-state index contributed by atoms with van der Waals surface area (Å²) in [6.45, 7) is 2.64. The van der Waals surface area contributed by atoms with Crippen LogP contribution in [-0.4, -0.2) is 48.1 Å². The number of likely N-dealkylation sites (N-methyl/N-ethyl adjacent to an activating group) is 1. The predicted molar refractivity (Wildman–Crippen MR) is 121 cm³/mol. The first-order valence-electron chi connectivity index (χ1n) is 9.59. The average molecular weight is 459 g/mol. The van der Waals surface area contributed by atoms with Gasteiger partial charge in [-0.25, -0.2) is 9.37 Å². The summed E-state index contributed by atoms with van der Waals surface area (Å²) in [6.07, 6.45) is 0. The van der Waals surface area contributed by atoms with Gasteiger partial charge in [0.15, 0.2) is 5.13 Å². The Morgan fingerprint density at radius 3 is 2.65 bits per heavy atom. The lowest BCUT2D eigenvalue weighted by Gasteiger charge is -2.22. The molecule has 0 aliphatic rings. The second kappa shape index (κ2) is 8.74. The van der Waals surface area contributed by atoms with Gasteiger partial charge >= 0.3 is 0 Å². The minimum Gasteiger partial charge on any atom is -0.360 e. The van der Waals surface area contributed by atoms with E-state index in [2.05, 4.69) is 10.1 Å². The lowest BCUT2D eigenvalue weighted by atomic mass is 10.1. The third kappa shape index (κ3) is 4.19. The zero-order chi connectivity index (χ0) is 22.1. The van der Waals surface area contributed by atoms with Crippen molar-refractivity contribution in [2.45, 2.75) is 6.92 Å². The zero-order valence-electron chi connectivity index (χ0n) is 17.2. The molecule has 0 aliphatic carbocycles. The van der Waals surface area contributed by atoms with Crippen LogP contribution in [0.3, 0.4) is 0 Å². The summed E-state index contributed by atoms with van der Waals surface area (Å²) >= 11 is 7.62. The molecule has 160 valence electrons. The number of rotatable bonds is 6. The number of amides is 1. The molecule has 6 nitrogen and oxygen atoms in total. The van der Waals surface area contributed by atoms with Crippen LogP contribution < -0.4 is 4.90 Å². The molecule has 0 bridgehead atoms. The first-order valence-corrected chi connectivity index (χ1v) is 10.8. The number of aryl methyl sites for hydroxylation is 1. The van der Waals surface area contributed by atoms with E-state index in [1.54, 1.807) is 42.2 Å². The highest BCUT2D eigenvalue weighted by atomic mass is 35.5. The summed E-state index contributed by atoms with van der Waals surface area (Å²) in [7, 11) is 3.83. The number of nitrogens with zero attached hydrogens (tertiary/aromatic N) is 4. The van der Waals surface area contributed by atoms with Crippen molar-refractivity contribution in [3.63, 3.8) is 0 Å². The molecule has 31 heavy (non-hydrogen) atoms. The van der Waals surface area contributed by atoms with E-state index in [4.69, 9.17) is 16.1 Å². The molecule has 9 heteroatoms. The lowest BCUT2D eigenvalue weighted by Crippen LogP contribution is -2.37. The standard InChI is InChI=1S/C22H20ClFN4O2S/c1-13-18(19(26-30-13)14-7-4-5-8-15(14)23)21(29)28(12-11-27(2)3)22-25-20-16(24)9-6-10-17(20)31-22/h4-10H,11-12H2,1-3H3. The molecule has 2 aromatic heterocycles. The van der Waals surface area contributed by atoms with Crippen molar-refractivity contribution in [2.24, 2.45) is 0 Å². The third-order valence-electron chi connectivity index (χ3n) is 4.81. The fraction of sp³-hybridized carbons (Fsp3) is 0.227. The normalized spacial score (nSPS) is 11.4. The fourth-order valence-corrected chi connectivity index (χ4v) is 4.43. The number of para-hydroxylation sites is 1. The molecule has 2 aromatic carbocycles. The number of halogens is 2. The Morgan fingerprint density at radius 1 is 1.16 bits per heavy atom. The predicted octanol–water partition coefficient (Wildman–Crippen LogP) is 5.26. The van der Waals surface area contributed by atoms with Gasteiger partial charge in [-0.1, -0.05) is 52.4 Å². The van der Waals surface area contributed by atoms with Gasteiger partial charge in [-0.3, -0.25) is 9.69 Å². The minimum absolute atomic E-state index is 0.249. The molecule has 1 amide bonds. The topological polar surface area (TPSA) is 62.5 Å². The second-order valence-corrected chi connectivity index (χ2v) is 8.70. The number of carbonyl (C=O) groups is 1. The number of fused-ring (bicyclic) bond motifs is 1. The van der Waals surface area contributed by atoms with Gasteiger partial charge < -0.3 is 9.42 Å². The maximum Gasteiger partial charge on any atom is 0.266 e. The molecular weight excluding hydrogens is 439 g/mol. The van der Waals surface area contributed by atoms with Crippen LogP contribution in [0.5, 0.6) is 0 Å². The SMILES string of the molecule is Cc1onc(-c2ccccc2Cl)c1C(=O)N(CCN(C)C)c1nc2c(F)cccc2s1. The maximum atomic E-state index is 14.2. The van der Waals surface area contributed by atoms with Gasteiger partial charge in [-0.05, 0) is 39.2 Å². The summed E-state index contributed by atoms with van der Waals surface area (Å²) < 4.78 is 20.3. The van der Waals surface area contributed by atoms with Gasteiger partial charge in [0.05, 0.1) is 9.72 Å². The van der Waals surface area contributed by atoms with Crippen molar-refractivity contribution in [3.8, 4) is 11.3 Å². The molecule has 0 atom stereocenters. The number of carbonyl (C=O) groups excluding carboxylic acids is 1. The summed E-state index contributed by atoms with van der Waals surface area (Å²) in [5.41, 5.74) is 1.53. The summed E-state index contributed by atoms with van der Waals surface area (Å²) in [6, 6.07) is 11.9. The Labute approximate surface area is 187 Å². The van der Waals surface area contributed by atoms with Crippen LogP contribution in [0.2, 0.25) is 5.02 Å². The van der Waals surface area contributed by atoms with Crippen LogP contribution >= 0.6 is 22.9 Å². The molecule has 0 N–H and O–H groups in total. The molecule has 0 fully saturated rings. The Bertz CT molecular complexity index is 1250. The Kier molecular flexibility index (Phi) is 6.04. The van der Waals surface area contributed by atoms with Crippen molar-refractivity contribution >= 4 is 44.2 Å². The number of hydrogen-bond donors (Lipinski definition) is 0. The van der Waals surface area contributed by atoms with Crippen LogP contribution in [0.15, 0.2) is 47.0 Å². The summed E-state index contributed by atoms with van der Waals surface area (Å²) in [5, 5.41) is 4.98. The fourth-order valence-electron chi connectivity index (χ4n) is 3.20. The molecular formula is C22H20ClFN4O2S. The van der Waals surface area contributed by atoms with E-state index in [0.29, 0.717) is 50.5 Å². The Hall–Kier alpha value is -2.81. The minimum atomic E-state index is -0.419. The summed E-state index contributed by atoms with van der Waals surface area (Å²) in [5.74, 6) is -0.366. The smallest absolute Gasteiger partial charge is 0.266 e. The average Bonchev–Trinajstić information content (AvgIpc) is 3.33. The van der Waals surface area contributed by atoms with Crippen LogP contribution in [0, 0.1) is 12.7 Å². The molecule has 0 spiro atoms. The quantitative estimate of drug-likeness (QED) is 0.394. The number of hydrogen-bond acceptors (Lipinski definition) is 6. The highest BCUT2D eigenvalue weighted by Gasteiger charge is 2.29. The monoisotopic (exact) mass is 458 g/mol. The van der Waals surface area contributed by atoms with E-state index in [-0.39, 0.29) is 11.4 Å². The van der Waals surface area contributed by atoms with Crippen molar-refractivity contribution in [2.75, 3.05) is 32.1 Å². The molecule has 0 radical (unpaired) electrons. The number of aromatic nitrogens is 2. The van der Waals surface area contributed by atoms with Crippen LogP contribution in [0.25, 0.3) is 21.5 Å². The van der Waals surface area contributed by atoms with Gasteiger partial charge in [-0.15, -0.1) is 0 Å². The first kappa shape index (κ1) is 21.4. The molecule has 4 rings (SSSR count). The third-order valence-corrected chi connectivity index (χ3v) is 6.18. The maximum absolute atomic E-state index is 14.2. The first-order chi connectivity index (χ1) is 14.9. The van der Waals surface area contributed by atoms with Crippen molar-refractivity contribution in [1.82, 2.24) is 15.0 Å². The Morgan fingerprint density at radius 2 is 1.94 bits per heavy atom. The van der Waals surface area contributed by atoms with Gasteiger partial charge in [0.1, 0.15) is 28.4 Å². The van der Waals surface area contributed by atoms with E-state index in [0.717, 1.165) is 0 Å². The van der Waals surface area contributed by atoms with Gasteiger partial charge in [0.2, 0.25) is 0 Å². The van der Waals surface area contributed by atoms with Crippen molar-refractivity contribution in [3.05, 3.63) is 64.6 Å².